The van der Waals surface area contributed by atoms with E-state index in [2.05, 4.69) is 69.2 Å². The van der Waals surface area contributed by atoms with Gasteiger partial charge in [-0.3, -0.25) is 0 Å². The molecule has 0 fully saturated rings. The van der Waals surface area contributed by atoms with Gasteiger partial charge >= 0.3 is 0 Å². The number of nitrogens with one attached hydrogen (secondary N) is 1. The molecule has 3 rings (SSSR count). The Kier molecular flexibility index (Phi) is 4.74. The Hall–Kier alpha value is -2.43. The second-order valence-corrected chi connectivity index (χ2v) is 9.31. The summed E-state index contributed by atoms with van der Waals surface area (Å²) >= 11 is 0. The maximum Gasteiger partial charge on any atom is 0.123 e. The van der Waals surface area contributed by atoms with Gasteiger partial charge in [0.1, 0.15) is 17.3 Å². The topological polar surface area (TPSA) is 46.5 Å². The summed E-state index contributed by atoms with van der Waals surface area (Å²) in [6.07, 6.45) is 3.93. The molecule has 0 unspecified atom stereocenters. The highest BCUT2D eigenvalue weighted by atomic mass is 19.1. The summed E-state index contributed by atoms with van der Waals surface area (Å²) in [7, 11) is 0. The standard InChI is InChI=1S/C22H29FN4/c1-14(21(2,3)4)27-12-17(24-13-27)19-18(15-8-10-16(23)11-9-15)25-20(26-19)22(5,6)7/h8-14H,1-7H3,(H,25,26)/t14-/m1/s1. The average Bonchev–Trinajstić information content (AvgIpc) is 3.20. The zero-order valence-corrected chi connectivity index (χ0v) is 17.3. The normalized spacial score (nSPS) is 13.8. The fourth-order valence-corrected chi connectivity index (χ4v) is 2.86. The minimum absolute atomic E-state index is 0.127. The summed E-state index contributed by atoms with van der Waals surface area (Å²) in [5.41, 5.74) is 3.38. The molecule has 3 aromatic rings. The van der Waals surface area contributed by atoms with Gasteiger partial charge < -0.3 is 9.55 Å². The molecule has 0 spiro atoms. The van der Waals surface area contributed by atoms with E-state index in [0.29, 0.717) is 6.04 Å². The first-order valence-electron chi connectivity index (χ1n) is 9.37. The van der Waals surface area contributed by atoms with Crippen LogP contribution in [0.5, 0.6) is 0 Å². The van der Waals surface area contributed by atoms with E-state index in [1.807, 2.05) is 6.33 Å². The smallest absolute Gasteiger partial charge is 0.123 e. The van der Waals surface area contributed by atoms with Crippen LogP contribution in [-0.4, -0.2) is 19.5 Å². The van der Waals surface area contributed by atoms with Gasteiger partial charge in [-0.1, -0.05) is 41.5 Å². The third kappa shape index (κ3) is 3.97. The minimum Gasteiger partial charge on any atom is -0.340 e. The highest BCUT2D eigenvalue weighted by Crippen LogP contribution is 2.35. The van der Waals surface area contributed by atoms with Crippen LogP contribution in [-0.2, 0) is 5.41 Å². The Balaban J connectivity index is 2.11. The molecule has 2 heterocycles. The molecule has 0 aliphatic rings. The van der Waals surface area contributed by atoms with E-state index in [1.54, 1.807) is 12.1 Å². The molecule has 5 heteroatoms. The first-order valence-corrected chi connectivity index (χ1v) is 9.37. The predicted octanol–water partition coefficient (Wildman–Crippen LogP) is 5.98. The van der Waals surface area contributed by atoms with Gasteiger partial charge in [0.15, 0.2) is 0 Å². The van der Waals surface area contributed by atoms with E-state index in [1.165, 1.54) is 12.1 Å². The summed E-state index contributed by atoms with van der Waals surface area (Å²) in [6.45, 7) is 15.2. The highest BCUT2D eigenvalue weighted by Gasteiger charge is 2.25. The van der Waals surface area contributed by atoms with Crippen molar-refractivity contribution in [2.24, 2.45) is 5.41 Å². The fourth-order valence-electron chi connectivity index (χ4n) is 2.86. The number of imidazole rings is 2. The number of aromatic amines is 1. The van der Waals surface area contributed by atoms with Gasteiger partial charge in [-0.15, -0.1) is 0 Å². The second-order valence-electron chi connectivity index (χ2n) is 9.31. The van der Waals surface area contributed by atoms with Crippen LogP contribution in [0, 0.1) is 11.2 Å². The predicted molar refractivity (Wildman–Crippen MR) is 108 cm³/mol. The molecule has 144 valence electrons. The number of hydrogen-bond donors (Lipinski definition) is 1. The molecule has 0 saturated carbocycles. The molecule has 1 aromatic carbocycles. The first kappa shape index (κ1) is 19.3. The summed E-state index contributed by atoms with van der Waals surface area (Å²) in [5, 5.41) is 0. The molecule has 0 radical (unpaired) electrons. The van der Waals surface area contributed by atoms with Crippen molar-refractivity contribution in [2.75, 3.05) is 0 Å². The van der Waals surface area contributed by atoms with Crippen molar-refractivity contribution in [3.8, 4) is 22.6 Å². The van der Waals surface area contributed by atoms with Crippen LogP contribution in [0.15, 0.2) is 36.8 Å². The van der Waals surface area contributed by atoms with E-state index in [0.717, 1.165) is 28.5 Å². The molecular weight excluding hydrogens is 339 g/mol. The Bertz CT molecular complexity index is 921. The van der Waals surface area contributed by atoms with E-state index in [-0.39, 0.29) is 16.6 Å². The van der Waals surface area contributed by atoms with Crippen molar-refractivity contribution in [2.45, 2.75) is 59.9 Å². The van der Waals surface area contributed by atoms with Crippen LogP contribution in [0.4, 0.5) is 4.39 Å². The summed E-state index contributed by atoms with van der Waals surface area (Å²) in [4.78, 5) is 12.9. The number of H-pyrrole nitrogens is 1. The molecule has 1 N–H and O–H groups in total. The van der Waals surface area contributed by atoms with Gasteiger partial charge in [0.05, 0.1) is 17.7 Å². The summed E-state index contributed by atoms with van der Waals surface area (Å²) in [5.74, 6) is 0.630. The molecule has 1 atom stereocenters. The zero-order chi connectivity index (χ0) is 20.0. The van der Waals surface area contributed by atoms with Crippen molar-refractivity contribution >= 4 is 0 Å². The molecule has 4 nitrogen and oxygen atoms in total. The fraction of sp³-hybridized carbons (Fsp3) is 0.455. The molecule has 2 aromatic heterocycles. The average molecular weight is 369 g/mol. The third-order valence-corrected chi connectivity index (χ3v) is 5.09. The maximum atomic E-state index is 13.4. The molecule has 27 heavy (non-hydrogen) atoms. The van der Waals surface area contributed by atoms with Gasteiger partial charge in [-0.05, 0) is 36.6 Å². The van der Waals surface area contributed by atoms with Crippen LogP contribution in [0.3, 0.4) is 0 Å². The quantitative estimate of drug-likeness (QED) is 0.618. The zero-order valence-electron chi connectivity index (χ0n) is 17.3. The van der Waals surface area contributed by atoms with Crippen molar-refractivity contribution in [3.05, 3.63) is 48.4 Å². The highest BCUT2D eigenvalue weighted by molar-refractivity contribution is 5.76. The SMILES string of the molecule is C[C@@H](n1cnc(-c2[nH]c(C(C)(C)C)nc2-c2ccc(F)cc2)c1)C(C)(C)C. The summed E-state index contributed by atoms with van der Waals surface area (Å²) in [6, 6.07) is 6.75. The van der Waals surface area contributed by atoms with Gasteiger partial charge in [-0.2, -0.15) is 0 Å². The van der Waals surface area contributed by atoms with Gasteiger partial charge in [-0.25, -0.2) is 14.4 Å². The number of nitrogens with zero attached hydrogens (tertiary/aromatic N) is 3. The van der Waals surface area contributed by atoms with Crippen molar-refractivity contribution in [1.29, 1.82) is 0 Å². The lowest BCUT2D eigenvalue weighted by Crippen LogP contribution is -2.20. The van der Waals surface area contributed by atoms with E-state index < -0.39 is 0 Å². The number of rotatable bonds is 3. The van der Waals surface area contributed by atoms with Crippen molar-refractivity contribution < 1.29 is 4.39 Å². The van der Waals surface area contributed by atoms with Gasteiger partial charge in [0, 0.05) is 23.2 Å². The van der Waals surface area contributed by atoms with Crippen LogP contribution in [0.25, 0.3) is 22.6 Å². The largest absolute Gasteiger partial charge is 0.340 e. The molecular formula is C22H29FN4. The lowest BCUT2D eigenvalue weighted by atomic mass is 9.88. The van der Waals surface area contributed by atoms with Crippen LogP contribution < -0.4 is 0 Å². The Labute approximate surface area is 160 Å². The van der Waals surface area contributed by atoms with Crippen molar-refractivity contribution in [1.82, 2.24) is 19.5 Å². The Morgan fingerprint density at radius 3 is 2.22 bits per heavy atom. The number of halogens is 1. The van der Waals surface area contributed by atoms with Crippen LogP contribution in [0.1, 0.15) is 60.3 Å². The molecule has 0 amide bonds. The first-order chi connectivity index (χ1) is 12.5. The van der Waals surface area contributed by atoms with E-state index in [4.69, 9.17) is 4.98 Å². The van der Waals surface area contributed by atoms with Gasteiger partial charge in [0.25, 0.3) is 0 Å². The molecule has 0 saturated heterocycles. The van der Waals surface area contributed by atoms with E-state index in [9.17, 15) is 4.39 Å². The number of benzene rings is 1. The number of aromatic nitrogens is 4. The number of hydrogen-bond acceptors (Lipinski definition) is 2. The van der Waals surface area contributed by atoms with Crippen LogP contribution >= 0.6 is 0 Å². The van der Waals surface area contributed by atoms with Gasteiger partial charge in [0.2, 0.25) is 0 Å². The monoisotopic (exact) mass is 368 g/mol. The van der Waals surface area contributed by atoms with E-state index >= 15 is 0 Å². The lowest BCUT2D eigenvalue weighted by molar-refractivity contribution is 0.262. The molecule has 0 aliphatic heterocycles. The third-order valence-electron chi connectivity index (χ3n) is 5.09. The minimum atomic E-state index is -0.254. The Morgan fingerprint density at radius 1 is 1.04 bits per heavy atom. The van der Waals surface area contributed by atoms with Crippen molar-refractivity contribution in [3.63, 3.8) is 0 Å². The summed E-state index contributed by atoms with van der Waals surface area (Å²) < 4.78 is 15.5. The second kappa shape index (κ2) is 6.63. The molecule has 0 aliphatic carbocycles. The Morgan fingerprint density at radius 2 is 1.67 bits per heavy atom. The van der Waals surface area contributed by atoms with Crippen LogP contribution in [0.2, 0.25) is 0 Å². The lowest BCUT2D eigenvalue weighted by Gasteiger charge is -2.28. The maximum absolute atomic E-state index is 13.4. The molecule has 0 bridgehead atoms.